The first-order chi connectivity index (χ1) is 11.1. The first-order valence-electron chi connectivity index (χ1n) is 8.14. The number of carbonyl (C=O) groups is 2. The molecule has 0 spiro atoms. The number of fused-ring (bicyclic) bond motifs is 2. The van der Waals surface area contributed by atoms with E-state index in [9.17, 15) is 9.59 Å². The van der Waals surface area contributed by atoms with Crippen molar-refractivity contribution in [2.45, 2.75) is 32.1 Å². The lowest BCUT2D eigenvalue weighted by atomic mass is 10.0. The predicted octanol–water partition coefficient (Wildman–Crippen LogP) is 2.40. The summed E-state index contributed by atoms with van der Waals surface area (Å²) in [6, 6.07) is 4.26. The molecule has 4 rings (SSSR count). The summed E-state index contributed by atoms with van der Waals surface area (Å²) in [6.07, 6.45) is 5.86. The van der Waals surface area contributed by atoms with Gasteiger partial charge >= 0.3 is 5.97 Å². The van der Waals surface area contributed by atoms with Crippen molar-refractivity contribution in [3.8, 4) is 0 Å². The standard InChI is InChI=1S/C18H19NO4/c20-17(19-5-4-13(9-19)18(21)22)8-14-10-23-16-7-12-3-1-2-11(12)6-15(14)16/h6-7,10,13H,1-5,8-9H2,(H,21,22). The van der Waals surface area contributed by atoms with Gasteiger partial charge < -0.3 is 14.4 Å². The third-order valence-electron chi connectivity index (χ3n) is 5.10. The number of aliphatic carboxylic acids is 1. The zero-order valence-corrected chi connectivity index (χ0v) is 12.9. The average Bonchev–Trinajstić information content (AvgIpc) is 3.24. The van der Waals surface area contributed by atoms with Crippen molar-refractivity contribution in [2.75, 3.05) is 13.1 Å². The van der Waals surface area contributed by atoms with E-state index in [0.717, 1.165) is 29.4 Å². The van der Waals surface area contributed by atoms with Crippen LogP contribution in [0, 0.1) is 5.92 Å². The lowest BCUT2D eigenvalue weighted by Crippen LogP contribution is -2.31. The maximum atomic E-state index is 12.4. The summed E-state index contributed by atoms with van der Waals surface area (Å²) in [4.78, 5) is 25.1. The zero-order valence-electron chi connectivity index (χ0n) is 12.9. The molecule has 0 bridgehead atoms. The normalized spacial score (nSPS) is 20.2. The van der Waals surface area contributed by atoms with E-state index in [1.807, 2.05) is 0 Å². The fraction of sp³-hybridized carbons (Fsp3) is 0.444. The minimum absolute atomic E-state index is 0.0167. The van der Waals surface area contributed by atoms with Crippen LogP contribution in [-0.4, -0.2) is 35.0 Å². The van der Waals surface area contributed by atoms with E-state index >= 15 is 0 Å². The van der Waals surface area contributed by atoms with E-state index in [1.54, 1.807) is 11.2 Å². The van der Waals surface area contributed by atoms with Crippen LogP contribution in [0.4, 0.5) is 0 Å². The van der Waals surface area contributed by atoms with E-state index in [4.69, 9.17) is 9.52 Å². The Morgan fingerprint density at radius 2 is 2.04 bits per heavy atom. The number of aryl methyl sites for hydroxylation is 2. The fourth-order valence-corrected chi connectivity index (χ4v) is 3.75. The molecule has 1 N–H and O–H groups in total. The largest absolute Gasteiger partial charge is 0.481 e. The molecule has 5 nitrogen and oxygen atoms in total. The van der Waals surface area contributed by atoms with Crippen LogP contribution in [0.2, 0.25) is 0 Å². The molecule has 0 saturated carbocycles. The SMILES string of the molecule is O=C(O)C1CCN(C(=O)Cc2coc3cc4c(cc23)CCC4)C1. The molecule has 1 aliphatic carbocycles. The molecule has 1 aromatic carbocycles. The number of amides is 1. The van der Waals surface area contributed by atoms with Crippen molar-refractivity contribution in [3.63, 3.8) is 0 Å². The van der Waals surface area contributed by atoms with E-state index in [1.165, 1.54) is 17.5 Å². The van der Waals surface area contributed by atoms with Gasteiger partial charge in [-0.1, -0.05) is 0 Å². The molecule has 0 radical (unpaired) electrons. The quantitative estimate of drug-likeness (QED) is 0.944. The van der Waals surface area contributed by atoms with Gasteiger partial charge in [-0.25, -0.2) is 0 Å². The lowest BCUT2D eigenvalue weighted by molar-refractivity contribution is -0.141. The Kier molecular flexibility index (Phi) is 3.36. The number of carbonyl (C=O) groups excluding carboxylic acids is 1. The molecule has 2 aliphatic rings. The number of nitrogens with zero attached hydrogens (tertiary/aromatic N) is 1. The Morgan fingerprint density at radius 1 is 1.26 bits per heavy atom. The van der Waals surface area contributed by atoms with Crippen LogP contribution in [0.25, 0.3) is 11.0 Å². The predicted molar refractivity (Wildman–Crippen MR) is 84.3 cm³/mol. The summed E-state index contributed by atoms with van der Waals surface area (Å²) >= 11 is 0. The van der Waals surface area contributed by atoms with E-state index < -0.39 is 11.9 Å². The van der Waals surface area contributed by atoms with E-state index in [2.05, 4.69) is 12.1 Å². The molecule has 5 heteroatoms. The van der Waals surface area contributed by atoms with Crippen molar-refractivity contribution in [1.29, 1.82) is 0 Å². The van der Waals surface area contributed by atoms with Crippen molar-refractivity contribution in [3.05, 3.63) is 35.1 Å². The van der Waals surface area contributed by atoms with E-state index in [0.29, 0.717) is 19.5 Å². The number of likely N-dealkylation sites (tertiary alicyclic amines) is 1. The van der Waals surface area contributed by atoms with E-state index in [-0.39, 0.29) is 12.3 Å². The van der Waals surface area contributed by atoms with Crippen LogP contribution in [0.1, 0.15) is 29.5 Å². The Balaban J connectivity index is 1.54. The Hall–Kier alpha value is -2.30. The van der Waals surface area contributed by atoms with Gasteiger partial charge in [-0.3, -0.25) is 9.59 Å². The number of hydrogen-bond donors (Lipinski definition) is 1. The summed E-state index contributed by atoms with van der Waals surface area (Å²) in [7, 11) is 0. The highest BCUT2D eigenvalue weighted by molar-refractivity contribution is 5.89. The Labute approximate surface area is 133 Å². The second kappa shape index (κ2) is 5.41. The highest BCUT2D eigenvalue weighted by Gasteiger charge is 2.31. The number of furan rings is 1. The van der Waals surface area contributed by atoms with Gasteiger partial charge in [0.2, 0.25) is 5.91 Å². The van der Waals surface area contributed by atoms with Crippen LogP contribution in [-0.2, 0) is 28.9 Å². The molecule has 23 heavy (non-hydrogen) atoms. The summed E-state index contributed by atoms with van der Waals surface area (Å²) < 4.78 is 5.63. The maximum Gasteiger partial charge on any atom is 0.308 e. The number of carboxylic acid groups (broad SMARTS) is 1. The molecule has 1 unspecified atom stereocenters. The summed E-state index contributed by atoms with van der Waals surface area (Å²) in [5.74, 6) is -1.26. The second-order valence-electron chi connectivity index (χ2n) is 6.57. The molecule has 1 fully saturated rings. The molecule has 1 amide bonds. The first kappa shape index (κ1) is 14.3. The monoisotopic (exact) mass is 313 g/mol. The van der Waals surface area contributed by atoms with Crippen molar-refractivity contribution >= 4 is 22.8 Å². The number of benzene rings is 1. The van der Waals surface area contributed by atoms with Crippen molar-refractivity contribution in [2.24, 2.45) is 5.92 Å². The van der Waals surface area contributed by atoms with Crippen LogP contribution < -0.4 is 0 Å². The number of hydrogen-bond acceptors (Lipinski definition) is 3. The van der Waals surface area contributed by atoms with Gasteiger partial charge in [0.15, 0.2) is 0 Å². The van der Waals surface area contributed by atoms with Crippen LogP contribution >= 0.6 is 0 Å². The summed E-state index contributed by atoms with van der Waals surface area (Å²) in [5.41, 5.74) is 4.46. The molecule has 1 aromatic heterocycles. The molecular weight excluding hydrogens is 294 g/mol. The second-order valence-corrected chi connectivity index (χ2v) is 6.57. The molecular formula is C18H19NO4. The minimum atomic E-state index is -0.815. The Bertz CT molecular complexity index is 792. The minimum Gasteiger partial charge on any atom is -0.481 e. The number of carboxylic acids is 1. The van der Waals surface area contributed by atoms with Gasteiger partial charge in [-0.05, 0) is 48.9 Å². The third-order valence-corrected chi connectivity index (χ3v) is 5.10. The average molecular weight is 313 g/mol. The smallest absolute Gasteiger partial charge is 0.308 e. The fourth-order valence-electron chi connectivity index (χ4n) is 3.75. The zero-order chi connectivity index (χ0) is 16.0. The summed E-state index contributed by atoms with van der Waals surface area (Å²) in [6.45, 7) is 0.848. The van der Waals surface area contributed by atoms with Crippen LogP contribution in [0.3, 0.4) is 0 Å². The van der Waals surface area contributed by atoms with Crippen molar-refractivity contribution in [1.82, 2.24) is 4.90 Å². The third kappa shape index (κ3) is 2.50. The molecule has 120 valence electrons. The number of rotatable bonds is 3. The highest BCUT2D eigenvalue weighted by atomic mass is 16.4. The van der Waals surface area contributed by atoms with Gasteiger partial charge in [-0.2, -0.15) is 0 Å². The summed E-state index contributed by atoms with van der Waals surface area (Å²) in [5, 5.41) is 10.1. The van der Waals surface area contributed by atoms with Crippen molar-refractivity contribution < 1.29 is 19.1 Å². The molecule has 1 saturated heterocycles. The Morgan fingerprint density at radius 3 is 2.78 bits per heavy atom. The molecule has 2 aromatic rings. The maximum absolute atomic E-state index is 12.4. The highest BCUT2D eigenvalue weighted by Crippen LogP contribution is 2.31. The molecule has 1 atom stereocenters. The van der Waals surface area contributed by atoms with Gasteiger partial charge in [0.25, 0.3) is 0 Å². The molecule has 2 heterocycles. The van der Waals surface area contributed by atoms with Gasteiger partial charge in [0.1, 0.15) is 5.58 Å². The topological polar surface area (TPSA) is 70.8 Å². The molecule has 1 aliphatic heterocycles. The van der Waals surface area contributed by atoms with Crippen LogP contribution in [0.5, 0.6) is 0 Å². The van der Waals surface area contributed by atoms with Crippen LogP contribution in [0.15, 0.2) is 22.8 Å². The van der Waals surface area contributed by atoms with Gasteiger partial charge in [-0.15, -0.1) is 0 Å². The first-order valence-corrected chi connectivity index (χ1v) is 8.14. The lowest BCUT2D eigenvalue weighted by Gasteiger charge is -2.15. The van der Waals surface area contributed by atoms with Gasteiger partial charge in [0, 0.05) is 24.0 Å². The van der Waals surface area contributed by atoms with Gasteiger partial charge in [0.05, 0.1) is 18.6 Å².